The molecule has 1 saturated carbocycles. The number of nitrogens with one attached hydrogen (secondary N) is 1. The van der Waals surface area contributed by atoms with Gasteiger partial charge in [-0.25, -0.2) is 13.1 Å². The van der Waals surface area contributed by atoms with Gasteiger partial charge in [-0.15, -0.1) is 0 Å². The van der Waals surface area contributed by atoms with Crippen LogP contribution < -0.4 is 4.72 Å². The van der Waals surface area contributed by atoms with E-state index in [1.807, 2.05) is 12.1 Å². The molecule has 3 aromatic rings. The second kappa shape index (κ2) is 8.28. The van der Waals surface area contributed by atoms with Crippen LogP contribution in [-0.2, 0) is 23.1 Å². The van der Waals surface area contributed by atoms with Crippen LogP contribution in [0.4, 0.5) is 0 Å². The first kappa shape index (κ1) is 20.1. The summed E-state index contributed by atoms with van der Waals surface area (Å²) in [5.74, 6) is 0.498. The van der Waals surface area contributed by atoms with Crippen LogP contribution in [0.1, 0.15) is 45.1 Å². The Morgan fingerprint density at radius 3 is 2.52 bits per heavy atom. The SMILES string of the molecule is CC(C)Cn1cc(CNS(=O)(=O)C2CCCC2)c2ccc(-c3ccncc3)cc21. The highest BCUT2D eigenvalue weighted by Crippen LogP contribution is 2.29. The van der Waals surface area contributed by atoms with Gasteiger partial charge in [-0.2, -0.15) is 0 Å². The molecule has 0 unspecified atom stereocenters. The normalized spacial score (nSPS) is 15.6. The van der Waals surface area contributed by atoms with Crippen molar-refractivity contribution in [2.75, 3.05) is 0 Å². The minimum absolute atomic E-state index is 0.232. The Kier molecular flexibility index (Phi) is 5.74. The van der Waals surface area contributed by atoms with E-state index in [2.05, 4.69) is 52.5 Å². The summed E-state index contributed by atoms with van der Waals surface area (Å²) in [7, 11) is -3.26. The molecule has 4 rings (SSSR count). The fourth-order valence-corrected chi connectivity index (χ4v) is 5.82. The molecule has 1 fully saturated rings. The molecule has 0 bridgehead atoms. The van der Waals surface area contributed by atoms with Gasteiger partial charge in [0.2, 0.25) is 10.0 Å². The fraction of sp³-hybridized carbons (Fsp3) is 0.435. The maximum atomic E-state index is 12.6. The molecule has 0 amide bonds. The molecule has 154 valence electrons. The van der Waals surface area contributed by atoms with E-state index in [-0.39, 0.29) is 5.25 Å². The van der Waals surface area contributed by atoms with Gasteiger partial charge >= 0.3 is 0 Å². The maximum absolute atomic E-state index is 12.6. The summed E-state index contributed by atoms with van der Waals surface area (Å²) in [6, 6.07) is 10.4. The Morgan fingerprint density at radius 2 is 1.83 bits per heavy atom. The van der Waals surface area contributed by atoms with Crippen molar-refractivity contribution in [2.45, 2.75) is 57.9 Å². The van der Waals surface area contributed by atoms with Gasteiger partial charge in [0.1, 0.15) is 0 Å². The van der Waals surface area contributed by atoms with E-state index in [4.69, 9.17) is 0 Å². The Labute approximate surface area is 173 Å². The highest BCUT2D eigenvalue weighted by atomic mass is 32.2. The number of fused-ring (bicyclic) bond motifs is 1. The summed E-state index contributed by atoms with van der Waals surface area (Å²) in [6.45, 7) is 5.63. The molecule has 6 heteroatoms. The van der Waals surface area contributed by atoms with Crippen LogP contribution in [0.25, 0.3) is 22.0 Å². The van der Waals surface area contributed by atoms with Crippen molar-refractivity contribution >= 4 is 20.9 Å². The second-order valence-electron chi connectivity index (χ2n) is 8.44. The molecule has 1 aliphatic carbocycles. The minimum atomic E-state index is -3.26. The standard InChI is InChI=1S/C23H29N3O2S/c1-17(2)15-26-16-20(14-25-29(27,28)21-5-3-4-6-21)22-8-7-19(13-23(22)26)18-9-11-24-12-10-18/h7-13,16-17,21,25H,3-6,14-15H2,1-2H3. The fourth-order valence-electron chi connectivity index (χ4n) is 4.27. The molecule has 1 aromatic carbocycles. The van der Waals surface area contributed by atoms with E-state index in [1.165, 1.54) is 0 Å². The summed E-state index contributed by atoms with van der Waals surface area (Å²) in [5.41, 5.74) is 4.44. The van der Waals surface area contributed by atoms with Gasteiger partial charge in [0.25, 0.3) is 0 Å². The highest BCUT2D eigenvalue weighted by molar-refractivity contribution is 7.90. The molecule has 5 nitrogen and oxygen atoms in total. The van der Waals surface area contributed by atoms with E-state index in [0.29, 0.717) is 12.5 Å². The third kappa shape index (κ3) is 4.38. The lowest BCUT2D eigenvalue weighted by atomic mass is 10.0. The number of nitrogens with zero attached hydrogens (tertiary/aromatic N) is 2. The number of hydrogen-bond donors (Lipinski definition) is 1. The van der Waals surface area contributed by atoms with Crippen molar-refractivity contribution in [3.8, 4) is 11.1 Å². The monoisotopic (exact) mass is 411 g/mol. The number of hydrogen-bond acceptors (Lipinski definition) is 3. The lowest BCUT2D eigenvalue weighted by Gasteiger charge is -2.12. The first-order valence-electron chi connectivity index (χ1n) is 10.4. The van der Waals surface area contributed by atoms with Gasteiger partial charge < -0.3 is 4.57 Å². The van der Waals surface area contributed by atoms with Gasteiger partial charge in [-0.3, -0.25) is 4.98 Å². The van der Waals surface area contributed by atoms with Gasteiger partial charge in [0.05, 0.1) is 5.25 Å². The largest absolute Gasteiger partial charge is 0.347 e. The van der Waals surface area contributed by atoms with E-state index in [1.54, 1.807) is 12.4 Å². The van der Waals surface area contributed by atoms with Gasteiger partial charge in [0, 0.05) is 42.6 Å². The molecule has 0 saturated heterocycles. The summed E-state index contributed by atoms with van der Waals surface area (Å²) < 4.78 is 30.4. The number of sulfonamides is 1. The zero-order valence-corrected chi connectivity index (χ0v) is 18.0. The topological polar surface area (TPSA) is 64.0 Å². The molecule has 2 aromatic heterocycles. The van der Waals surface area contributed by atoms with Crippen molar-refractivity contribution in [2.24, 2.45) is 5.92 Å². The van der Waals surface area contributed by atoms with Crippen LogP contribution in [0.3, 0.4) is 0 Å². The third-order valence-electron chi connectivity index (χ3n) is 5.75. The van der Waals surface area contributed by atoms with Crippen molar-refractivity contribution in [1.29, 1.82) is 0 Å². The van der Waals surface area contributed by atoms with Gasteiger partial charge in [0.15, 0.2) is 0 Å². The van der Waals surface area contributed by atoms with Crippen molar-refractivity contribution in [1.82, 2.24) is 14.3 Å². The number of rotatable bonds is 7. The van der Waals surface area contributed by atoms with E-state index in [9.17, 15) is 8.42 Å². The van der Waals surface area contributed by atoms with Gasteiger partial charge in [-0.05, 0) is 53.6 Å². The molecular weight excluding hydrogens is 382 g/mol. The van der Waals surface area contributed by atoms with E-state index < -0.39 is 10.0 Å². The first-order chi connectivity index (χ1) is 13.9. The van der Waals surface area contributed by atoms with Crippen molar-refractivity contribution in [3.63, 3.8) is 0 Å². The molecule has 1 N–H and O–H groups in total. The van der Waals surface area contributed by atoms with Crippen molar-refractivity contribution < 1.29 is 8.42 Å². The molecule has 0 aliphatic heterocycles. The number of benzene rings is 1. The Hall–Kier alpha value is -2.18. The zero-order chi connectivity index (χ0) is 20.4. The second-order valence-corrected chi connectivity index (χ2v) is 10.5. The van der Waals surface area contributed by atoms with Crippen molar-refractivity contribution in [3.05, 3.63) is 54.5 Å². The zero-order valence-electron chi connectivity index (χ0n) is 17.1. The highest BCUT2D eigenvalue weighted by Gasteiger charge is 2.28. The van der Waals surface area contributed by atoms with Crippen LogP contribution in [0.15, 0.2) is 48.9 Å². The Balaban J connectivity index is 1.67. The Bertz CT molecular complexity index is 1080. The van der Waals surface area contributed by atoms with Gasteiger partial charge in [-0.1, -0.05) is 38.8 Å². The van der Waals surface area contributed by atoms with Crippen LogP contribution in [-0.4, -0.2) is 23.2 Å². The van der Waals surface area contributed by atoms with E-state index >= 15 is 0 Å². The molecule has 1 aliphatic rings. The molecular formula is C23H29N3O2S. The predicted molar refractivity (Wildman–Crippen MR) is 118 cm³/mol. The Morgan fingerprint density at radius 1 is 1.10 bits per heavy atom. The van der Waals surface area contributed by atoms with Crippen LogP contribution in [0, 0.1) is 5.92 Å². The van der Waals surface area contributed by atoms with Crippen LogP contribution >= 0.6 is 0 Å². The molecule has 2 heterocycles. The summed E-state index contributed by atoms with van der Waals surface area (Å²) in [6.07, 6.45) is 9.29. The predicted octanol–water partition coefficient (Wildman–Crippen LogP) is 4.72. The smallest absolute Gasteiger partial charge is 0.214 e. The lowest BCUT2D eigenvalue weighted by Crippen LogP contribution is -2.32. The lowest BCUT2D eigenvalue weighted by molar-refractivity contribution is 0.534. The quantitative estimate of drug-likeness (QED) is 0.612. The number of aromatic nitrogens is 2. The molecule has 0 atom stereocenters. The summed E-state index contributed by atoms with van der Waals surface area (Å²) in [5, 5.41) is 0.877. The molecule has 0 spiro atoms. The average molecular weight is 412 g/mol. The maximum Gasteiger partial charge on any atom is 0.214 e. The average Bonchev–Trinajstić information content (AvgIpc) is 3.36. The molecule has 0 radical (unpaired) electrons. The molecule has 29 heavy (non-hydrogen) atoms. The number of pyridine rings is 1. The first-order valence-corrected chi connectivity index (χ1v) is 12.0. The summed E-state index contributed by atoms with van der Waals surface area (Å²) >= 11 is 0. The third-order valence-corrected chi connectivity index (χ3v) is 7.64. The van der Waals surface area contributed by atoms with Crippen LogP contribution in [0.2, 0.25) is 0 Å². The van der Waals surface area contributed by atoms with E-state index in [0.717, 1.165) is 59.8 Å². The minimum Gasteiger partial charge on any atom is -0.347 e. The summed E-state index contributed by atoms with van der Waals surface area (Å²) in [4.78, 5) is 4.10. The van der Waals surface area contributed by atoms with Crippen LogP contribution in [0.5, 0.6) is 0 Å².